The summed E-state index contributed by atoms with van der Waals surface area (Å²) in [7, 11) is 4.19. The largest absolute Gasteiger partial charge is 0.393 e. The van der Waals surface area contributed by atoms with Gasteiger partial charge in [0, 0.05) is 35.8 Å². The molecule has 2 N–H and O–H groups in total. The first-order chi connectivity index (χ1) is 16.7. The third-order valence-corrected chi connectivity index (χ3v) is 13.9. The zero-order chi connectivity index (χ0) is 26.6. The van der Waals surface area contributed by atoms with Gasteiger partial charge >= 0.3 is 0 Å². The van der Waals surface area contributed by atoms with Crippen molar-refractivity contribution < 1.29 is 14.7 Å². The van der Waals surface area contributed by atoms with Crippen molar-refractivity contribution in [1.29, 1.82) is 0 Å². The number of ketones is 1. The van der Waals surface area contributed by atoms with E-state index in [2.05, 4.69) is 52.0 Å². The maximum Gasteiger partial charge on any atom is 0.222 e. The standard InChI is InChI=1S/C30H50N2O3S/c1-17(2)25(35)31-22-11-12-29-15-30(29)21(10-9-20(29)26(22,4)16-36)27(5)13-19(33)24(18(3)32(7)8)28(27,6)14-23(30)34/h17-22,24,33,36H,9-16H2,1-8H3,(H,31,35)/t18-,19+,20?,21?,22-,24-,26-,27-,28+,29?,30-/m0/s1. The van der Waals surface area contributed by atoms with Crippen LogP contribution in [0.15, 0.2) is 0 Å². The van der Waals surface area contributed by atoms with E-state index in [1.54, 1.807) is 0 Å². The van der Waals surface area contributed by atoms with Gasteiger partial charge in [0.15, 0.2) is 0 Å². The highest BCUT2D eigenvalue weighted by atomic mass is 32.1. The highest BCUT2D eigenvalue weighted by molar-refractivity contribution is 7.80. The van der Waals surface area contributed by atoms with Crippen molar-refractivity contribution >= 4 is 24.3 Å². The Bertz CT molecular complexity index is 954. The van der Waals surface area contributed by atoms with Crippen LogP contribution in [0.3, 0.4) is 0 Å². The van der Waals surface area contributed by atoms with Crippen molar-refractivity contribution in [2.75, 3.05) is 19.8 Å². The van der Waals surface area contributed by atoms with Gasteiger partial charge in [-0.3, -0.25) is 9.59 Å². The van der Waals surface area contributed by atoms with Crippen molar-refractivity contribution in [3.05, 3.63) is 0 Å². The van der Waals surface area contributed by atoms with Gasteiger partial charge in [-0.2, -0.15) is 12.6 Å². The van der Waals surface area contributed by atoms with Crippen LogP contribution in [-0.2, 0) is 9.59 Å². The van der Waals surface area contributed by atoms with Crippen molar-refractivity contribution in [1.82, 2.24) is 10.2 Å². The lowest BCUT2D eigenvalue weighted by Gasteiger charge is -2.63. The van der Waals surface area contributed by atoms with Gasteiger partial charge in [0.25, 0.3) is 0 Å². The number of hydrogen-bond acceptors (Lipinski definition) is 5. The molecule has 5 aliphatic carbocycles. The van der Waals surface area contributed by atoms with E-state index in [0.717, 1.165) is 44.3 Å². The Hall–Kier alpha value is -0.590. The number of hydrogen-bond donors (Lipinski definition) is 3. The minimum Gasteiger partial charge on any atom is -0.393 e. The third kappa shape index (κ3) is 3.04. The summed E-state index contributed by atoms with van der Waals surface area (Å²) in [4.78, 5) is 29.4. The van der Waals surface area contributed by atoms with E-state index >= 15 is 0 Å². The van der Waals surface area contributed by atoms with Crippen LogP contribution in [0.4, 0.5) is 0 Å². The summed E-state index contributed by atoms with van der Waals surface area (Å²) < 4.78 is 0. The first-order valence-electron chi connectivity index (χ1n) is 14.5. The Morgan fingerprint density at radius 1 is 1.11 bits per heavy atom. The molecule has 0 radical (unpaired) electrons. The zero-order valence-electron chi connectivity index (χ0n) is 23.9. The molecule has 0 aliphatic heterocycles. The molecule has 0 saturated heterocycles. The maximum atomic E-state index is 14.4. The minimum absolute atomic E-state index is 0.0306. The normalized spacial score (nSPS) is 52.3. The van der Waals surface area contributed by atoms with Gasteiger partial charge in [-0.05, 0) is 98.8 Å². The Labute approximate surface area is 224 Å². The fraction of sp³-hybridized carbons (Fsp3) is 0.933. The summed E-state index contributed by atoms with van der Waals surface area (Å²) >= 11 is 4.87. The average Bonchev–Trinajstić information content (AvgIpc) is 3.44. The van der Waals surface area contributed by atoms with Gasteiger partial charge < -0.3 is 15.3 Å². The second-order valence-corrected chi connectivity index (χ2v) is 15.2. The number of aliphatic hydroxyl groups excluding tert-OH is 1. The molecule has 0 aromatic carbocycles. The van der Waals surface area contributed by atoms with Crippen LogP contribution in [0.2, 0.25) is 0 Å². The fourth-order valence-corrected chi connectivity index (χ4v) is 11.4. The number of thiol groups is 1. The number of carbonyl (C=O) groups excluding carboxylic acids is 2. The second-order valence-electron chi connectivity index (χ2n) is 14.8. The van der Waals surface area contributed by atoms with Crippen LogP contribution in [0.25, 0.3) is 0 Å². The summed E-state index contributed by atoms with van der Waals surface area (Å²) in [6, 6.07) is 0.346. The molecule has 3 unspecified atom stereocenters. The predicted octanol–water partition coefficient (Wildman–Crippen LogP) is 4.58. The van der Waals surface area contributed by atoms with Gasteiger partial charge in [-0.25, -0.2) is 0 Å². The van der Waals surface area contributed by atoms with Crippen LogP contribution in [0.1, 0.15) is 86.5 Å². The van der Waals surface area contributed by atoms with E-state index in [1.165, 1.54) is 0 Å². The molecule has 5 aliphatic rings. The van der Waals surface area contributed by atoms with Crippen LogP contribution in [-0.4, -0.2) is 59.7 Å². The van der Waals surface area contributed by atoms with E-state index in [4.69, 9.17) is 12.6 Å². The summed E-state index contributed by atoms with van der Waals surface area (Å²) in [5, 5.41) is 14.9. The number of nitrogens with one attached hydrogen (secondary N) is 1. The molecule has 5 saturated carbocycles. The second kappa shape index (κ2) is 8.21. The van der Waals surface area contributed by atoms with Gasteiger partial charge in [0.05, 0.1) is 6.10 Å². The molecule has 0 heterocycles. The van der Waals surface area contributed by atoms with Gasteiger partial charge in [0.2, 0.25) is 5.91 Å². The van der Waals surface area contributed by atoms with Crippen LogP contribution >= 0.6 is 12.6 Å². The summed E-state index contributed by atoms with van der Waals surface area (Å²) in [6.07, 6.45) is 6.16. The van der Waals surface area contributed by atoms with E-state index in [1.807, 2.05) is 13.8 Å². The monoisotopic (exact) mass is 518 g/mol. The first kappa shape index (κ1) is 27.0. The Balaban J connectivity index is 1.51. The first-order valence-corrected chi connectivity index (χ1v) is 15.1. The average molecular weight is 519 g/mol. The number of nitrogens with zero attached hydrogens (tertiary/aromatic N) is 1. The number of fused-ring (bicyclic) bond motifs is 2. The van der Waals surface area contributed by atoms with Crippen molar-refractivity contribution in [2.24, 2.45) is 50.7 Å². The van der Waals surface area contributed by atoms with Crippen molar-refractivity contribution in [2.45, 2.75) is 105 Å². The molecular weight excluding hydrogens is 468 g/mol. The van der Waals surface area contributed by atoms with Crippen LogP contribution in [0.5, 0.6) is 0 Å². The minimum atomic E-state index is -0.363. The van der Waals surface area contributed by atoms with E-state index in [0.29, 0.717) is 24.0 Å². The molecule has 0 aromatic rings. The maximum absolute atomic E-state index is 14.4. The molecule has 5 rings (SSSR count). The van der Waals surface area contributed by atoms with Crippen LogP contribution < -0.4 is 5.32 Å². The van der Waals surface area contributed by atoms with E-state index < -0.39 is 0 Å². The van der Waals surface area contributed by atoms with E-state index in [9.17, 15) is 14.7 Å². The van der Waals surface area contributed by atoms with E-state index in [-0.39, 0.29) is 63.0 Å². The summed E-state index contributed by atoms with van der Waals surface area (Å²) in [5.41, 5.74) is -0.528. The molecule has 0 bridgehead atoms. The highest BCUT2D eigenvalue weighted by Crippen LogP contribution is 2.88. The topological polar surface area (TPSA) is 69.6 Å². The van der Waals surface area contributed by atoms with Gasteiger partial charge in [-0.15, -0.1) is 0 Å². The molecule has 1 amide bonds. The fourth-order valence-electron chi connectivity index (χ4n) is 11.0. The number of aliphatic hydroxyl groups is 1. The van der Waals surface area contributed by atoms with Crippen molar-refractivity contribution in [3.63, 3.8) is 0 Å². The summed E-state index contributed by atoms with van der Waals surface area (Å²) in [6.45, 7) is 13.2. The van der Waals surface area contributed by atoms with Crippen molar-refractivity contribution in [3.8, 4) is 0 Å². The molecule has 204 valence electrons. The zero-order valence-corrected chi connectivity index (χ0v) is 24.8. The molecule has 6 heteroatoms. The molecule has 11 atom stereocenters. The summed E-state index contributed by atoms with van der Waals surface area (Å²) in [5.74, 6) is 2.16. The quantitative estimate of drug-likeness (QED) is 0.466. The molecular formula is C30H50N2O3S. The Morgan fingerprint density at radius 3 is 2.33 bits per heavy atom. The van der Waals surface area contributed by atoms with Gasteiger partial charge in [-0.1, -0.05) is 34.6 Å². The Morgan fingerprint density at radius 2 is 1.75 bits per heavy atom. The lowest BCUT2D eigenvalue weighted by Crippen LogP contribution is -2.63. The van der Waals surface area contributed by atoms with Crippen LogP contribution in [0, 0.1) is 50.7 Å². The smallest absolute Gasteiger partial charge is 0.222 e. The predicted molar refractivity (Wildman–Crippen MR) is 147 cm³/mol. The lowest BCUT2D eigenvalue weighted by atomic mass is 9.41. The number of carbonyl (C=O) groups is 2. The molecule has 2 spiro atoms. The SMILES string of the molecule is CC(C)C(=O)N[C@H]1CCC23C[C@]24C(=O)C[C@]2(C)[C@@H]([C@H](C)N(C)C)[C@H](O)C[C@@]2(C)C4CCC3[C@]1(C)CS. The third-order valence-electron chi connectivity index (χ3n) is 13.2. The molecule has 36 heavy (non-hydrogen) atoms. The Kier molecular flexibility index (Phi) is 6.15. The lowest BCUT2D eigenvalue weighted by molar-refractivity contribution is -0.170. The number of Topliss-reactive ketones (excluding diaryl/α,β-unsaturated/α-hetero) is 1. The number of amides is 1. The highest BCUT2D eigenvalue weighted by Gasteiger charge is 2.86. The molecule has 0 aromatic heterocycles. The van der Waals surface area contributed by atoms with Gasteiger partial charge in [0.1, 0.15) is 5.78 Å². The number of rotatable bonds is 5. The molecule has 5 nitrogen and oxygen atoms in total. The molecule has 5 fully saturated rings.